The smallest absolute Gasteiger partial charge is 0.162 e. The lowest BCUT2D eigenvalue weighted by Crippen LogP contribution is -2.24. The van der Waals surface area contributed by atoms with E-state index in [4.69, 9.17) is 10.5 Å². The number of nitrogens with zero attached hydrogens (tertiary/aromatic N) is 2. The van der Waals surface area contributed by atoms with Crippen LogP contribution in [0.4, 0.5) is 5.82 Å². The molecule has 1 rings (SSSR count). The molecule has 4 nitrogen and oxygen atoms in total. The average Bonchev–Trinajstić information content (AvgIpc) is 2.23. The first-order chi connectivity index (χ1) is 7.77. The Labute approximate surface area is 111 Å². The molecule has 1 aromatic heterocycles. The summed E-state index contributed by atoms with van der Waals surface area (Å²) in [7, 11) is 1.64. The molecule has 2 N–H and O–H groups in total. The van der Waals surface area contributed by atoms with Crippen LogP contribution in [0.2, 0.25) is 0 Å². The first-order valence-electron chi connectivity index (χ1n) is 5.65. The van der Waals surface area contributed by atoms with Crippen LogP contribution in [-0.4, -0.2) is 17.1 Å². The Kier molecular flexibility index (Phi) is 4.49. The van der Waals surface area contributed by atoms with Gasteiger partial charge >= 0.3 is 0 Å². The quantitative estimate of drug-likeness (QED) is 0.929. The van der Waals surface area contributed by atoms with Gasteiger partial charge in [0, 0.05) is 7.11 Å². The molecule has 1 aromatic rings. The Morgan fingerprint density at radius 1 is 1.35 bits per heavy atom. The van der Waals surface area contributed by atoms with E-state index in [-0.39, 0.29) is 0 Å². The number of aromatic nitrogens is 2. The highest BCUT2D eigenvalue weighted by Gasteiger charge is 2.25. The Morgan fingerprint density at radius 3 is 2.41 bits per heavy atom. The van der Waals surface area contributed by atoms with E-state index in [0.29, 0.717) is 17.6 Å². The van der Waals surface area contributed by atoms with Crippen molar-refractivity contribution in [2.24, 2.45) is 5.92 Å². The van der Waals surface area contributed by atoms with E-state index < -0.39 is 5.60 Å². The number of hydrogen-bond acceptors (Lipinski definition) is 4. The molecule has 0 amide bonds. The molecule has 0 aliphatic heterocycles. The van der Waals surface area contributed by atoms with Gasteiger partial charge in [-0.3, -0.25) is 0 Å². The van der Waals surface area contributed by atoms with Gasteiger partial charge in [0.25, 0.3) is 0 Å². The maximum absolute atomic E-state index is 5.90. The van der Waals surface area contributed by atoms with Gasteiger partial charge in [0.05, 0.1) is 10.2 Å². The van der Waals surface area contributed by atoms with Crippen LogP contribution in [0, 0.1) is 5.92 Å². The zero-order valence-electron chi connectivity index (χ0n) is 11.0. The molecule has 0 spiro atoms. The second kappa shape index (κ2) is 5.31. The molecule has 96 valence electrons. The first kappa shape index (κ1) is 14.4. The predicted octanol–water partition coefficient (Wildman–Crippen LogP) is 2.90. The number of halogens is 1. The third-order valence-electron chi connectivity index (χ3n) is 2.60. The highest BCUT2D eigenvalue weighted by atomic mass is 79.9. The largest absolute Gasteiger partial charge is 0.383 e. The molecule has 0 unspecified atom stereocenters. The van der Waals surface area contributed by atoms with E-state index in [9.17, 15) is 0 Å². The van der Waals surface area contributed by atoms with Crippen molar-refractivity contribution in [1.29, 1.82) is 0 Å². The lowest BCUT2D eigenvalue weighted by Gasteiger charge is -2.22. The molecule has 5 heteroatoms. The SMILES string of the molecule is COC(C)(C)c1nc(N)c(Br)c(CC(C)C)n1. The van der Waals surface area contributed by atoms with E-state index >= 15 is 0 Å². The van der Waals surface area contributed by atoms with Crippen LogP contribution in [0.3, 0.4) is 0 Å². The van der Waals surface area contributed by atoms with Crippen LogP contribution in [0.5, 0.6) is 0 Å². The number of nitrogens with two attached hydrogens (primary N) is 1. The molecule has 0 radical (unpaired) electrons. The Bertz CT molecular complexity index is 405. The van der Waals surface area contributed by atoms with E-state index in [1.54, 1.807) is 7.11 Å². The van der Waals surface area contributed by atoms with Gasteiger partial charge in [-0.1, -0.05) is 13.8 Å². The Morgan fingerprint density at radius 2 is 1.94 bits per heavy atom. The van der Waals surface area contributed by atoms with Crippen molar-refractivity contribution in [2.45, 2.75) is 39.7 Å². The van der Waals surface area contributed by atoms with E-state index in [1.807, 2.05) is 13.8 Å². The second-order valence-electron chi connectivity index (χ2n) is 5.01. The van der Waals surface area contributed by atoms with Crippen LogP contribution >= 0.6 is 15.9 Å². The first-order valence-corrected chi connectivity index (χ1v) is 6.44. The van der Waals surface area contributed by atoms with Crippen molar-refractivity contribution in [2.75, 3.05) is 12.8 Å². The summed E-state index contributed by atoms with van der Waals surface area (Å²) in [5.41, 5.74) is 6.31. The van der Waals surface area contributed by atoms with Crippen LogP contribution in [0.25, 0.3) is 0 Å². The van der Waals surface area contributed by atoms with Crippen molar-refractivity contribution >= 4 is 21.7 Å². The lowest BCUT2D eigenvalue weighted by atomic mass is 10.1. The summed E-state index contributed by atoms with van der Waals surface area (Å²) in [5, 5.41) is 0. The minimum Gasteiger partial charge on any atom is -0.383 e. The third-order valence-corrected chi connectivity index (χ3v) is 3.46. The predicted molar refractivity (Wildman–Crippen MR) is 72.7 cm³/mol. The fourth-order valence-electron chi connectivity index (χ4n) is 1.40. The maximum atomic E-state index is 5.90. The standard InChI is InChI=1S/C12H20BrN3O/c1-7(2)6-8-9(13)10(14)16-11(15-8)12(3,4)17-5/h7H,6H2,1-5H3,(H2,14,15,16). The molecule has 0 bridgehead atoms. The van der Waals surface area contributed by atoms with Crippen LogP contribution in [0.15, 0.2) is 4.47 Å². The maximum Gasteiger partial charge on any atom is 0.162 e. The minimum absolute atomic E-state index is 0.468. The van der Waals surface area contributed by atoms with Crippen molar-refractivity contribution in [3.05, 3.63) is 16.0 Å². The van der Waals surface area contributed by atoms with Crippen molar-refractivity contribution in [3.8, 4) is 0 Å². The Balaban J connectivity index is 3.23. The van der Waals surface area contributed by atoms with E-state index in [2.05, 4.69) is 39.7 Å². The molecule has 0 aromatic carbocycles. The van der Waals surface area contributed by atoms with Gasteiger partial charge in [0.1, 0.15) is 11.4 Å². The topological polar surface area (TPSA) is 61.0 Å². The molecule has 0 atom stereocenters. The highest BCUT2D eigenvalue weighted by Crippen LogP contribution is 2.28. The van der Waals surface area contributed by atoms with Crippen molar-refractivity contribution in [3.63, 3.8) is 0 Å². The third kappa shape index (κ3) is 3.39. The van der Waals surface area contributed by atoms with Crippen LogP contribution < -0.4 is 5.73 Å². The van der Waals surface area contributed by atoms with Gasteiger partial charge in [-0.15, -0.1) is 0 Å². The summed E-state index contributed by atoms with van der Waals surface area (Å²) < 4.78 is 6.18. The summed E-state index contributed by atoms with van der Waals surface area (Å²) in [6.45, 7) is 8.14. The summed E-state index contributed by atoms with van der Waals surface area (Å²) in [6, 6.07) is 0. The summed E-state index contributed by atoms with van der Waals surface area (Å²) in [5.74, 6) is 1.60. The number of ether oxygens (including phenoxy) is 1. The van der Waals surface area contributed by atoms with Gasteiger partial charge in [-0.25, -0.2) is 9.97 Å². The molecule has 1 heterocycles. The number of anilines is 1. The monoisotopic (exact) mass is 301 g/mol. The van der Waals surface area contributed by atoms with E-state index in [1.165, 1.54) is 0 Å². The fourth-order valence-corrected chi connectivity index (χ4v) is 1.73. The van der Waals surface area contributed by atoms with Gasteiger partial charge in [0.2, 0.25) is 0 Å². The van der Waals surface area contributed by atoms with Crippen LogP contribution in [-0.2, 0) is 16.8 Å². The number of hydrogen-bond donors (Lipinski definition) is 1. The van der Waals surface area contributed by atoms with Gasteiger partial charge in [0.15, 0.2) is 5.82 Å². The molecule has 0 saturated heterocycles. The zero-order valence-corrected chi connectivity index (χ0v) is 12.6. The number of rotatable bonds is 4. The number of methoxy groups -OCH3 is 1. The lowest BCUT2D eigenvalue weighted by molar-refractivity contribution is 0.0113. The van der Waals surface area contributed by atoms with E-state index in [0.717, 1.165) is 16.6 Å². The molecule has 0 fully saturated rings. The van der Waals surface area contributed by atoms with Crippen molar-refractivity contribution < 1.29 is 4.74 Å². The normalized spacial score (nSPS) is 12.2. The molecule has 0 aliphatic carbocycles. The minimum atomic E-state index is -0.527. The van der Waals surface area contributed by atoms with Gasteiger partial charge < -0.3 is 10.5 Å². The van der Waals surface area contributed by atoms with Crippen molar-refractivity contribution in [1.82, 2.24) is 9.97 Å². The summed E-state index contributed by atoms with van der Waals surface area (Å²) >= 11 is 3.44. The van der Waals surface area contributed by atoms with Gasteiger partial charge in [-0.05, 0) is 42.1 Å². The summed E-state index contributed by atoms with van der Waals surface area (Å²) in [6.07, 6.45) is 0.861. The molecular weight excluding hydrogens is 282 g/mol. The molecule has 17 heavy (non-hydrogen) atoms. The fraction of sp³-hybridized carbons (Fsp3) is 0.667. The Hall–Kier alpha value is -0.680. The summed E-state index contributed by atoms with van der Waals surface area (Å²) in [4.78, 5) is 8.83. The van der Waals surface area contributed by atoms with Crippen LogP contribution in [0.1, 0.15) is 39.2 Å². The van der Waals surface area contributed by atoms with Gasteiger partial charge in [-0.2, -0.15) is 0 Å². The zero-order chi connectivity index (χ0) is 13.2. The molecular formula is C12H20BrN3O. The molecule has 0 aliphatic rings. The highest BCUT2D eigenvalue weighted by molar-refractivity contribution is 9.10. The molecule has 0 saturated carbocycles. The number of nitrogen functional groups attached to an aromatic ring is 1. The second-order valence-corrected chi connectivity index (χ2v) is 5.80. The average molecular weight is 302 g/mol.